The summed E-state index contributed by atoms with van der Waals surface area (Å²) in [7, 11) is -1.72. The third-order valence-corrected chi connectivity index (χ3v) is 5.01. The maximum Gasteiger partial charge on any atom is 0.259 e. The van der Waals surface area contributed by atoms with Crippen LogP contribution in [0.1, 0.15) is 25.6 Å². The van der Waals surface area contributed by atoms with Crippen LogP contribution in [0.5, 0.6) is 0 Å². The predicted molar refractivity (Wildman–Crippen MR) is 80.6 cm³/mol. The lowest BCUT2D eigenvalue weighted by atomic mass is 9.83. The maximum atomic E-state index is 12.2. The fraction of sp³-hybridized carbons (Fsp3) is 0.750. The van der Waals surface area contributed by atoms with Crippen LogP contribution in [-0.4, -0.2) is 37.6 Å². The fourth-order valence-electron chi connectivity index (χ4n) is 2.27. The number of halogens is 1. The number of imidazole rings is 1. The van der Waals surface area contributed by atoms with Crippen LogP contribution in [0.25, 0.3) is 0 Å². The molecule has 0 spiro atoms. The van der Waals surface area contributed by atoms with Crippen molar-refractivity contribution < 1.29 is 8.42 Å². The number of aryl methyl sites for hydroxylation is 2. The van der Waals surface area contributed by atoms with E-state index in [-0.39, 0.29) is 22.8 Å². The molecular formula is C12H23ClN4O2S. The van der Waals surface area contributed by atoms with Crippen molar-refractivity contribution in [1.29, 1.82) is 0 Å². The first-order chi connectivity index (χ1) is 8.82. The Balaban J connectivity index is 0.00000200. The zero-order chi connectivity index (χ0) is 14.1. The highest BCUT2D eigenvalue weighted by molar-refractivity contribution is 7.89. The number of nitrogens with zero attached hydrogens (tertiary/aromatic N) is 2. The van der Waals surface area contributed by atoms with Gasteiger partial charge < -0.3 is 9.88 Å². The Morgan fingerprint density at radius 2 is 2.25 bits per heavy atom. The van der Waals surface area contributed by atoms with Gasteiger partial charge in [0.05, 0.1) is 0 Å². The van der Waals surface area contributed by atoms with Gasteiger partial charge in [0.15, 0.2) is 5.03 Å². The van der Waals surface area contributed by atoms with E-state index in [2.05, 4.69) is 21.9 Å². The molecule has 1 aromatic heterocycles. The average Bonchev–Trinajstić information content (AvgIpc) is 2.69. The molecule has 1 aliphatic rings. The molecule has 116 valence electrons. The van der Waals surface area contributed by atoms with Crippen molar-refractivity contribution in [2.45, 2.75) is 31.7 Å². The van der Waals surface area contributed by atoms with Crippen LogP contribution in [0.3, 0.4) is 0 Å². The number of aromatic nitrogens is 2. The minimum atomic E-state index is -3.51. The molecule has 0 aromatic carbocycles. The molecule has 2 rings (SSSR count). The summed E-state index contributed by atoms with van der Waals surface area (Å²) < 4.78 is 28.7. The minimum Gasteiger partial charge on any atom is -0.337 e. The lowest BCUT2D eigenvalue weighted by Crippen LogP contribution is -2.45. The van der Waals surface area contributed by atoms with Gasteiger partial charge in [-0.25, -0.2) is 18.1 Å². The number of hydrogen-bond acceptors (Lipinski definition) is 4. The Hall–Kier alpha value is -0.630. The molecular weight excluding hydrogens is 300 g/mol. The van der Waals surface area contributed by atoms with Crippen LogP contribution in [0.4, 0.5) is 0 Å². The van der Waals surface area contributed by atoms with Crippen LogP contribution >= 0.6 is 12.4 Å². The van der Waals surface area contributed by atoms with Crippen molar-refractivity contribution in [1.82, 2.24) is 19.6 Å². The average molecular weight is 323 g/mol. The monoisotopic (exact) mass is 322 g/mol. The van der Waals surface area contributed by atoms with Gasteiger partial charge in [-0.1, -0.05) is 6.92 Å². The smallest absolute Gasteiger partial charge is 0.259 e. The number of piperidine rings is 1. The first-order valence-corrected chi connectivity index (χ1v) is 8.01. The van der Waals surface area contributed by atoms with E-state index in [1.807, 2.05) is 0 Å². The molecule has 0 radical (unpaired) electrons. The summed E-state index contributed by atoms with van der Waals surface area (Å²) in [5.74, 6) is 0.686. The Bertz CT molecular complexity index is 530. The van der Waals surface area contributed by atoms with E-state index < -0.39 is 10.0 Å². The van der Waals surface area contributed by atoms with E-state index in [4.69, 9.17) is 0 Å². The molecule has 1 aromatic rings. The summed E-state index contributed by atoms with van der Waals surface area (Å²) in [6.45, 7) is 6.19. The molecule has 1 saturated heterocycles. The second-order valence-electron chi connectivity index (χ2n) is 5.65. The van der Waals surface area contributed by atoms with Crippen molar-refractivity contribution >= 4 is 22.4 Å². The van der Waals surface area contributed by atoms with Gasteiger partial charge in [-0.15, -0.1) is 12.4 Å². The second-order valence-corrected chi connectivity index (χ2v) is 7.37. The van der Waals surface area contributed by atoms with E-state index in [0.29, 0.717) is 12.4 Å². The predicted octanol–water partition coefficient (Wildman–Crippen LogP) is 0.818. The summed E-state index contributed by atoms with van der Waals surface area (Å²) in [4.78, 5) is 4.07. The normalized spacial score (nSPS) is 23.4. The molecule has 20 heavy (non-hydrogen) atoms. The van der Waals surface area contributed by atoms with Gasteiger partial charge in [-0.05, 0) is 31.7 Å². The number of hydrogen-bond donors (Lipinski definition) is 2. The molecule has 0 amide bonds. The van der Waals surface area contributed by atoms with Crippen molar-refractivity contribution in [3.63, 3.8) is 0 Å². The molecule has 1 fully saturated rings. The molecule has 0 bridgehead atoms. The van der Waals surface area contributed by atoms with Crippen LogP contribution in [0.15, 0.2) is 11.2 Å². The van der Waals surface area contributed by atoms with Gasteiger partial charge in [0.1, 0.15) is 5.82 Å². The van der Waals surface area contributed by atoms with Crippen LogP contribution in [-0.2, 0) is 17.1 Å². The van der Waals surface area contributed by atoms with Gasteiger partial charge in [0.25, 0.3) is 10.0 Å². The lowest BCUT2D eigenvalue weighted by Gasteiger charge is -2.34. The van der Waals surface area contributed by atoms with Crippen LogP contribution in [0.2, 0.25) is 0 Å². The highest BCUT2D eigenvalue weighted by atomic mass is 35.5. The standard InChI is InChI=1S/C12H22N4O2S.ClH/c1-10-15-11(7-16(10)3)19(17,18)14-9-12(2)5-4-6-13-8-12;/h7,13-14H,4-6,8-9H2,1-3H3;1H. The fourth-order valence-corrected chi connectivity index (χ4v) is 3.50. The van der Waals surface area contributed by atoms with Crippen LogP contribution in [0, 0.1) is 12.3 Å². The van der Waals surface area contributed by atoms with Crippen LogP contribution < -0.4 is 10.0 Å². The van der Waals surface area contributed by atoms with E-state index in [9.17, 15) is 8.42 Å². The first-order valence-electron chi connectivity index (χ1n) is 6.53. The number of sulfonamides is 1. The maximum absolute atomic E-state index is 12.2. The van der Waals surface area contributed by atoms with Gasteiger partial charge in [0, 0.05) is 26.3 Å². The Morgan fingerprint density at radius 1 is 1.55 bits per heavy atom. The van der Waals surface area contributed by atoms with E-state index in [1.54, 1.807) is 24.7 Å². The first kappa shape index (κ1) is 17.4. The molecule has 0 aliphatic carbocycles. The summed E-state index contributed by atoms with van der Waals surface area (Å²) in [6, 6.07) is 0. The van der Waals surface area contributed by atoms with Crippen molar-refractivity contribution in [3.05, 3.63) is 12.0 Å². The van der Waals surface area contributed by atoms with Crippen molar-refractivity contribution in [2.75, 3.05) is 19.6 Å². The Kier molecular flexibility index (Phi) is 5.60. The van der Waals surface area contributed by atoms with Gasteiger partial charge in [0.2, 0.25) is 0 Å². The summed E-state index contributed by atoms with van der Waals surface area (Å²) >= 11 is 0. The molecule has 0 saturated carbocycles. The Labute approximate surface area is 126 Å². The summed E-state index contributed by atoms with van der Waals surface area (Å²) in [6.07, 6.45) is 3.66. The zero-order valence-electron chi connectivity index (χ0n) is 12.1. The van der Waals surface area contributed by atoms with E-state index >= 15 is 0 Å². The van der Waals surface area contributed by atoms with Gasteiger partial charge >= 0.3 is 0 Å². The number of rotatable bonds is 4. The molecule has 1 atom stereocenters. The zero-order valence-corrected chi connectivity index (χ0v) is 13.8. The van der Waals surface area contributed by atoms with Crippen molar-refractivity contribution in [2.24, 2.45) is 12.5 Å². The molecule has 2 N–H and O–H groups in total. The minimum absolute atomic E-state index is 0. The third kappa shape index (κ3) is 3.94. The molecule has 2 heterocycles. The molecule has 8 heteroatoms. The summed E-state index contributed by atoms with van der Waals surface area (Å²) in [5, 5.41) is 3.41. The summed E-state index contributed by atoms with van der Waals surface area (Å²) in [5.41, 5.74) is -0.0187. The lowest BCUT2D eigenvalue weighted by molar-refractivity contribution is 0.238. The van der Waals surface area contributed by atoms with Crippen molar-refractivity contribution in [3.8, 4) is 0 Å². The second kappa shape index (κ2) is 6.43. The molecule has 6 nitrogen and oxygen atoms in total. The molecule has 1 unspecified atom stereocenters. The van der Waals surface area contributed by atoms with E-state index in [0.717, 1.165) is 25.9 Å². The third-order valence-electron chi connectivity index (χ3n) is 3.74. The highest BCUT2D eigenvalue weighted by Crippen LogP contribution is 2.24. The SMILES string of the molecule is Cc1nc(S(=O)(=O)NCC2(C)CCCNC2)cn1C.Cl. The Morgan fingerprint density at radius 3 is 2.75 bits per heavy atom. The largest absolute Gasteiger partial charge is 0.337 e. The quantitative estimate of drug-likeness (QED) is 0.860. The van der Waals surface area contributed by atoms with E-state index in [1.165, 1.54) is 0 Å². The molecule has 1 aliphatic heterocycles. The highest BCUT2D eigenvalue weighted by Gasteiger charge is 2.29. The topological polar surface area (TPSA) is 76.0 Å². The number of nitrogens with one attached hydrogen (secondary N) is 2. The van der Waals surface area contributed by atoms with Gasteiger partial charge in [-0.3, -0.25) is 0 Å². The van der Waals surface area contributed by atoms with Gasteiger partial charge in [-0.2, -0.15) is 0 Å².